The van der Waals surface area contributed by atoms with Crippen LogP contribution >= 0.6 is 11.5 Å². The van der Waals surface area contributed by atoms with Crippen molar-refractivity contribution >= 4 is 40.6 Å². The number of nitrogens with zero attached hydrogens (tertiary/aromatic N) is 2. The van der Waals surface area contributed by atoms with E-state index in [4.69, 9.17) is 16.2 Å². The molecule has 2 aromatic carbocycles. The zero-order valence-electron chi connectivity index (χ0n) is 20.4. The molecule has 3 amide bonds. The van der Waals surface area contributed by atoms with Gasteiger partial charge < -0.3 is 21.5 Å². The van der Waals surface area contributed by atoms with E-state index in [9.17, 15) is 18.8 Å². The number of amides is 3. The van der Waals surface area contributed by atoms with Crippen molar-refractivity contribution in [1.82, 2.24) is 9.69 Å². The molecule has 36 heavy (non-hydrogen) atoms. The quantitative estimate of drug-likeness (QED) is 0.420. The third-order valence-corrected chi connectivity index (χ3v) is 5.84. The minimum absolute atomic E-state index is 0.0763. The lowest BCUT2D eigenvalue weighted by atomic mass is 10.00. The van der Waals surface area contributed by atoms with Crippen LogP contribution < -0.4 is 26.4 Å². The highest BCUT2D eigenvalue weighted by Crippen LogP contribution is 2.34. The number of halogens is 1. The van der Waals surface area contributed by atoms with Crippen LogP contribution in [-0.2, 0) is 4.79 Å². The van der Waals surface area contributed by atoms with Crippen molar-refractivity contribution in [3.63, 3.8) is 0 Å². The van der Waals surface area contributed by atoms with Gasteiger partial charge in [-0.05, 0) is 81.2 Å². The summed E-state index contributed by atoms with van der Waals surface area (Å²) in [7, 11) is 0. The van der Waals surface area contributed by atoms with Crippen LogP contribution in [0, 0.1) is 5.82 Å². The Balaban J connectivity index is 2.21. The van der Waals surface area contributed by atoms with Gasteiger partial charge in [-0.3, -0.25) is 19.3 Å². The second-order valence-corrected chi connectivity index (χ2v) is 9.71. The first-order valence-corrected chi connectivity index (χ1v) is 11.9. The highest BCUT2D eigenvalue weighted by molar-refractivity contribution is 7.09. The highest BCUT2D eigenvalue weighted by Gasteiger charge is 2.37. The van der Waals surface area contributed by atoms with Gasteiger partial charge in [-0.15, -0.1) is 0 Å². The summed E-state index contributed by atoms with van der Waals surface area (Å²) >= 11 is 0.692. The van der Waals surface area contributed by atoms with E-state index in [2.05, 4.69) is 9.69 Å². The van der Waals surface area contributed by atoms with Gasteiger partial charge >= 0.3 is 0 Å². The Morgan fingerprint density at radius 3 is 2.22 bits per heavy atom. The van der Waals surface area contributed by atoms with Crippen molar-refractivity contribution in [3.8, 4) is 5.75 Å². The number of rotatable bonds is 8. The third-order valence-electron chi connectivity index (χ3n) is 4.99. The Morgan fingerprint density at radius 1 is 1.11 bits per heavy atom. The largest absolute Gasteiger partial charge is 0.494 e. The topological polar surface area (TPSA) is 141 Å². The van der Waals surface area contributed by atoms with Crippen molar-refractivity contribution in [1.29, 1.82) is 0 Å². The Bertz CT molecular complexity index is 1250. The molecule has 0 fully saturated rings. The molecule has 3 aromatic rings. The summed E-state index contributed by atoms with van der Waals surface area (Å²) in [5.41, 5.74) is 11.0. The molecule has 0 radical (unpaired) electrons. The fourth-order valence-electron chi connectivity index (χ4n) is 3.49. The minimum atomic E-state index is -1.18. The Hall–Kier alpha value is -3.99. The van der Waals surface area contributed by atoms with E-state index >= 15 is 0 Å². The van der Waals surface area contributed by atoms with Crippen LogP contribution in [0.3, 0.4) is 0 Å². The highest BCUT2D eigenvalue weighted by atomic mass is 32.1. The smallest absolute Gasteiger partial charge is 0.273 e. The van der Waals surface area contributed by atoms with Gasteiger partial charge in [0.1, 0.15) is 22.5 Å². The van der Waals surface area contributed by atoms with Gasteiger partial charge in [0.05, 0.1) is 12.3 Å². The van der Waals surface area contributed by atoms with Gasteiger partial charge in [0, 0.05) is 11.2 Å². The molecule has 0 bridgehead atoms. The monoisotopic (exact) mass is 513 g/mol. The number of carbonyl (C=O) groups is 3. The number of ether oxygens (including phenoxy) is 1. The predicted molar refractivity (Wildman–Crippen MR) is 137 cm³/mol. The molecule has 5 N–H and O–H groups in total. The van der Waals surface area contributed by atoms with E-state index in [1.165, 1.54) is 29.2 Å². The van der Waals surface area contributed by atoms with Gasteiger partial charge in [0.25, 0.3) is 11.8 Å². The zero-order chi connectivity index (χ0) is 26.6. The molecule has 0 saturated carbocycles. The van der Waals surface area contributed by atoms with Crippen LogP contribution in [0.15, 0.2) is 48.5 Å². The maximum atomic E-state index is 13.9. The number of nitrogens with two attached hydrogens (primary N) is 2. The van der Waals surface area contributed by atoms with Crippen LogP contribution in [0.2, 0.25) is 0 Å². The summed E-state index contributed by atoms with van der Waals surface area (Å²) in [5, 5.41) is 2.91. The van der Waals surface area contributed by atoms with Crippen molar-refractivity contribution in [2.75, 3.05) is 17.2 Å². The molecule has 190 valence electrons. The number of benzene rings is 2. The van der Waals surface area contributed by atoms with Gasteiger partial charge in [0.15, 0.2) is 5.69 Å². The van der Waals surface area contributed by atoms with Gasteiger partial charge in [-0.1, -0.05) is 12.1 Å². The van der Waals surface area contributed by atoms with Gasteiger partial charge in [-0.25, -0.2) is 4.39 Å². The number of primary amides is 1. The number of hydrogen-bond acceptors (Lipinski definition) is 7. The van der Waals surface area contributed by atoms with Crippen LogP contribution in [0.5, 0.6) is 5.75 Å². The lowest BCUT2D eigenvalue weighted by Crippen LogP contribution is -2.49. The fourth-order valence-corrected chi connectivity index (χ4v) is 4.23. The molecule has 1 atom stereocenters. The average Bonchev–Trinajstić information content (AvgIpc) is 3.19. The van der Waals surface area contributed by atoms with E-state index < -0.39 is 35.1 Å². The summed E-state index contributed by atoms with van der Waals surface area (Å²) in [6.45, 7) is 7.74. The zero-order valence-corrected chi connectivity index (χ0v) is 21.2. The number of anilines is 2. The minimum Gasteiger partial charge on any atom is -0.494 e. The van der Waals surface area contributed by atoms with Crippen LogP contribution in [-0.4, -0.2) is 34.2 Å². The molecule has 11 heteroatoms. The second kappa shape index (κ2) is 10.7. The average molecular weight is 514 g/mol. The lowest BCUT2D eigenvalue weighted by molar-refractivity contribution is -0.123. The molecule has 0 aliphatic heterocycles. The summed E-state index contributed by atoms with van der Waals surface area (Å²) in [5.74, 6) is -2.00. The number of carbonyl (C=O) groups excluding carboxylic acids is 3. The molecule has 1 heterocycles. The maximum Gasteiger partial charge on any atom is 0.273 e. The van der Waals surface area contributed by atoms with Crippen molar-refractivity contribution in [2.45, 2.75) is 39.3 Å². The lowest BCUT2D eigenvalue weighted by Gasteiger charge is -2.33. The molecule has 3 rings (SSSR count). The molecule has 1 unspecified atom stereocenters. The first kappa shape index (κ1) is 26.6. The standard InChI is InChI=1S/C25H28FN5O4S/c1-5-35-17-12-6-14(7-13-17)20(23(33)29-25(2,3)4)31(16-10-8-15(26)9-11-16)24(34)21-18(27)19(22(28)32)30-36-21/h6-13,20H,5,27H2,1-4H3,(H2,28,32)(H,29,33). The number of aromatic nitrogens is 1. The molecule has 0 aliphatic rings. The van der Waals surface area contributed by atoms with E-state index in [-0.39, 0.29) is 21.9 Å². The second-order valence-electron chi connectivity index (χ2n) is 8.93. The van der Waals surface area contributed by atoms with E-state index in [0.29, 0.717) is 29.5 Å². The van der Waals surface area contributed by atoms with Crippen LogP contribution in [0.25, 0.3) is 0 Å². The molecule has 9 nitrogen and oxygen atoms in total. The van der Waals surface area contributed by atoms with E-state index in [1.807, 2.05) is 27.7 Å². The van der Waals surface area contributed by atoms with Crippen LogP contribution in [0.4, 0.5) is 15.8 Å². The molecular weight excluding hydrogens is 485 g/mol. The summed E-state index contributed by atoms with van der Waals surface area (Å²) < 4.78 is 23.2. The summed E-state index contributed by atoms with van der Waals surface area (Å²) in [6, 6.07) is 10.7. The summed E-state index contributed by atoms with van der Waals surface area (Å²) in [6.07, 6.45) is 0. The SMILES string of the molecule is CCOc1ccc(C(C(=O)NC(C)(C)C)N(C(=O)c2snc(C(N)=O)c2N)c2ccc(F)cc2)cc1. The molecular formula is C25H28FN5O4S. The Kier molecular flexibility index (Phi) is 7.93. The van der Waals surface area contributed by atoms with Gasteiger partial charge in [-0.2, -0.15) is 4.37 Å². The van der Waals surface area contributed by atoms with Crippen LogP contribution in [0.1, 0.15) is 59.5 Å². The van der Waals surface area contributed by atoms with Crippen molar-refractivity contribution < 1.29 is 23.5 Å². The number of hydrogen-bond donors (Lipinski definition) is 3. The van der Waals surface area contributed by atoms with Crippen molar-refractivity contribution in [3.05, 3.63) is 70.5 Å². The molecule has 1 aromatic heterocycles. The number of nitrogens with one attached hydrogen (secondary N) is 1. The Labute approximate surface area is 212 Å². The number of nitrogen functional groups attached to an aromatic ring is 1. The molecule has 0 saturated heterocycles. The Morgan fingerprint density at radius 2 is 1.72 bits per heavy atom. The summed E-state index contributed by atoms with van der Waals surface area (Å²) in [4.78, 5) is 40.4. The van der Waals surface area contributed by atoms with Crippen molar-refractivity contribution in [2.24, 2.45) is 5.73 Å². The van der Waals surface area contributed by atoms with E-state index in [1.54, 1.807) is 24.3 Å². The van der Waals surface area contributed by atoms with E-state index in [0.717, 1.165) is 0 Å². The molecule has 0 aliphatic carbocycles. The first-order chi connectivity index (χ1) is 16.9. The first-order valence-electron chi connectivity index (χ1n) is 11.1. The normalized spacial score (nSPS) is 12.0. The fraction of sp³-hybridized carbons (Fsp3) is 0.280. The predicted octanol–water partition coefficient (Wildman–Crippen LogP) is 3.66. The maximum absolute atomic E-state index is 13.9. The molecule has 0 spiro atoms. The van der Waals surface area contributed by atoms with Gasteiger partial charge in [0.2, 0.25) is 5.91 Å². The third kappa shape index (κ3) is 5.98.